The number of nitrogens with zero attached hydrogens (tertiary/aromatic N) is 1. The number of hydrogen-bond acceptors (Lipinski definition) is 3. The lowest BCUT2D eigenvalue weighted by atomic mass is 10.0. The van der Waals surface area contributed by atoms with Crippen LogP contribution < -0.4 is 5.32 Å². The SMILES string of the molecule is CCCC(=O)N(CCO)[C@@H]1c2ccccc2CC1NC(=O)c1cc2cc(Cl)ccc2[nH]1. The van der Waals surface area contributed by atoms with Crippen LogP contribution in [0.2, 0.25) is 5.02 Å². The molecule has 0 fully saturated rings. The predicted octanol–water partition coefficient (Wildman–Crippen LogP) is 3.84. The Morgan fingerprint density at radius 1 is 1.23 bits per heavy atom. The van der Waals surface area contributed by atoms with Crippen molar-refractivity contribution in [2.75, 3.05) is 13.2 Å². The van der Waals surface area contributed by atoms with Crippen LogP contribution in [0.1, 0.15) is 47.4 Å². The number of hydrogen-bond donors (Lipinski definition) is 3. The Labute approximate surface area is 186 Å². The maximum Gasteiger partial charge on any atom is 0.268 e. The van der Waals surface area contributed by atoms with Crippen LogP contribution in [0.4, 0.5) is 0 Å². The van der Waals surface area contributed by atoms with Gasteiger partial charge >= 0.3 is 0 Å². The van der Waals surface area contributed by atoms with Crippen molar-refractivity contribution in [3.63, 3.8) is 0 Å². The molecule has 0 aliphatic heterocycles. The minimum atomic E-state index is -0.315. The van der Waals surface area contributed by atoms with Gasteiger partial charge in [0.15, 0.2) is 0 Å². The van der Waals surface area contributed by atoms with Crippen LogP contribution >= 0.6 is 11.6 Å². The molecule has 1 unspecified atom stereocenters. The number of nitrogens with one attached hydrogen (secondary N) is 2. The number of aromatic amines is 1. The summed E-state index contributed by atoms with van der Waals surface area (Å²) in [7, 11) is 0. The van der Waals surface area contributed by atoms with E-state index in [-0.39, 0.29) is 37.0 Å². The molecule has 3 aromatic rings. The van der Waals surface area contributed by atoms with Gasteiger partial charge in [-0.25, -0.2) is 0 Å². The smallest absolute Gasteiger partial charge is 0.268 e. The molecule has 0 radical (unpaired) electrons. The molecule has 4 rings (SSSR count). The first-order valence-corrected chi connectivity index (χ1v) is 11.0. The Kier molecular flexibility index (Phi) is 6.30. The van der Waals surface area contributed by atoms with Gasteiger partial charge < -0.3 is 20.3 Å². The highest BCUT2D eigenvalue weighted by atomic mass is 35.5. The maximum absolute atomic E-state index is 13.1. The molecule has 2 aromatic carbocycles. The Morgan fingerprint density at radius 2 is 2.03 bits per heavy atom. The van der Waals surface area contributed by atoms with Crippen LogP contribution in [0.5, 0.6) is 0 Å². The lowest BCUT2D eigenvalue weighted by Crippen LogP contribution is -2.47. The molecule has 7 heteroatoms. The fourth-order valence-corrected chi connectivity index (χ4v) is 4.63. The number of fused-ring (bicyclic) bond motifs is 2. The average molecular weight is 440 g/mol. The zero-order valence-electron chi connectivity index (χ0n) is 17.4. The van der Waals surface area contributed by atoms with E-state index in [2.05, 4.69) is 10.3 Å². The molecule has 2 atom stereocenters. The van der Waals surface area contributed by atoms with E-state index in [0.29, 0.717) is 23.6 Å². The van der Waals surface area contributed by atoms with Gasteiger partial charge in [0, 0.05) is 28.9 Å². The zero-order chi connectivity index (χ0) is 22.0. The van der Waals surface area contributed by atoms with E-state index in [9.17, 15) is 14.7 Å². The summed E-state index contributed by atoms with van der Waals surface area (Å²) in [4.78, 5) is 30.8. The quantitative estimate of drug-likeness (QED) is 0.523. The third-order valence-electron chi connectivity index (χ3n) is 5.80. The Balaban J connectivity index is 1.63. The van der Waals surface area contributed by atoms with Crippen LogP contribution in [0.3, 0.4) is 0 Å². The molecule has 31 heavy (non-hydrogen) atoms. The summed E-state index contributed by atoms with van der Waals surface area (Å²) in [6, 6.07) is 14.5. The molecule has 0 saturated heterocycles. The van der Waals surface area contributed by atoms with Crippen molar-refractivity contribution in [2.45, 2.75) is 38.3 Å². The van der Waals surface area contributed by atoms with Crippen molar-refractivity contribution in [3.8, 4) is 0 Å². The summed E-state index contributed by atoms with van der Waals surface area (Å²) in [6.07, 6.45) is 1.76. The largest absolute Gasteiger partial charge is 0.395 e. The minimum Gasteiger partial charge on any atom is -0.395 e. The third-order valence-corrected chi connectivity index (χ3v) is 6.03. The van der Waals surface area contributed by atoms with E-state index in [1.165, 1.54) is 0 Å². The van der Waals surface area contributed by atoms with Gasteiger partial charge in [-0.1, -0.05) is 42.8 Å². The number of aromatic nitrogens is 1. The van der Waals surface area contributed by atoms with Crippen LogP contribution in [-0.2, 0) is 11.2 Å². The average Bonchev–Trinajstić information content (AvgIpc) is 3.33. The molecule has 1 aliphatic rings. The van der Waals surface area contributed by atoms with Gasteiger partial charge in [0.1, 0.15) is 5.69 Å². The lowest BCUT2D eigenvalue weighted by Gasteiger charge is -2.34. The van der Waals surface area contributed by atoms with Gasteiger partial charge in [-0.05, 0) is 48.2 Å². The number of carbonyl (C=O) groups excluding carboxylic acids is 2. The third kappa shape index (κ3) is 4.31. The molecular formula is C24H26ClN3O3. The fraction of sp³-hybridized carbons (Fsp3) is 0.333. The van der Waals surface area contributed by atoms with Crippen molar-refractivity contribution < 1.29 is 14.7 Å². The second kappa shape index (κ2) is 9.12. The van der Waals surface area contributed by atoms with Gasteiger partial charge in [-0.3, -0.25) is 9.59 Å². The van der Waals surface area contributed by atoms with Crippen LogP contribution in [0.25, 0.3) is 10.9 Å². The molecule has 1 heterocycles. The molecule has 1 aliphatic carbocycles. The summed E-state index contributed by atoms with van der Waals surface area (Å²) in [6.45, 7) is 2.06. The van der Waals surface area contributed by atoms with E-state index in [1.807, 2.05) is 43.3 Å². The standard InChI is InChI=1S/C24H26ClN3O3/c1-2-5-22(30)28(10-11-29)23-18-7-4-3-6-15(18)13-20(23)27-24(31)21-14-16-12-17(25)8-9-19(16)26-21/h3-4,6-9,12,14,20,23,26,29H,2,5,10-11,13H2,1H3,(H,27,31)/t20?,23-/m1/s1. The van der Waals surface area contributed by atoms with Gasteiger partial charge in [-0.2, -0.15) is 0 Å². The molecule has 6 nitrogen and oxygen atoms in total. The van der Waals surface area contributed by atoms with Crippen molar-refractivity contribution in [1.29, 1.82) is 0 Å². The van der Waals surface area contributed by atoms with Crippen molar-refractivity contribution in [3.05, 3.63) is 70.4 Å². The van der Waals surface area contributed by atoms with Gasteiger partial charge in [0.25, 0.3) is 5.91 Å². The summed E-state index contributed by atoms with van der Waals surface area (Å²) < 4.78 is 0. The highest BCUT2D eigenvalue weighted by Gasteiger charge is 2.39. The predicted molar refractivity (Wildman–Crippen MR) is 121 cm³/mol. The molecule has 162 valence electrons. The first-order chi connectivity index (χ1) is 15.0. The van der Waals surface area contributed by atoms with Crippen molar-refractivity contribution in [1.82, 2.24) is 15.2 Å². The van der Waals surface area contributed by atoms with Crippen LogP contribution in [0.15, 0.2) is 48.5 Å². The summed E-state index contributed by atoms with van der Waals surface area (Å²) in [5, 5.41) is 14.2. The van der Waals surface area contributed by atoms with Gasteiger partial charge in [-0.15, -0.1) is 0 Å². The molecule has 0 saturated carbocycles. The number of H-pyrrole nitrogens is 1. The molecule has 3 N–H and O–H groups in total. The fourth-order valence-electron chi connectivity index (χ4n) is 4.45. The first kappa shape index (κ1) is 21.4. The monoisotopic (exact) mass is 439 g/mol. The Morgan fingerprint density at radius 3 is 2.81 bits per heavy atom. The highest BCUT2D eigenvalue weighted by Crippen LogP contribution is 2.36. The Hall–Kier alpha value is -2.83. The number of halogens is 1. The lowest BCUT2D eigenvalue weighted by molar-refractivity contribution is -0.134. The number of carbonyl (C=O) groups is 2. The van der Waals surface area contributed by atoms with Gasteiger partial charge in [0.2, 0.25) is 5.91 Å². The molecule has 0 spiro atoms. The number of amides is 2. The molecule has 2 amide bonds. The maximum atomic E-state index is 13.1. The van der Waals surface area contributed by atoms with Crippen LogP contribution in [-0.4, -0.2) is 46.0 Å². The van der Waals surface area contributed by atoms with Crippen molar-refractivity contribution >= 4 is 34.3 Å². The van der Waals surface area contributed by atoms with E-state index >= 15 is 0 Å². The molecule has 1 aromatic heterocycles. The number of benzene rings is 2. The summed E-state index contributed by atoms with van der Waals surface area (Å²) in [5.41, 5.74) is 3.41. The number of rotatable bonds is 7. The first-order valence-electron chi connectivity index (χ1n) is 10.6. The second-order valence-corrected chi connectivity index (χ2v) is 8.34. The molecule has 0 bridgehead atoms. The molecular weight excluding hydrogens is 414 g/mol. The summed E-state index contributed by atoms with van der Waals surface area (Å²) in [5.74, 6) is -0.250. The topological polar surface area (TPSA) is 85.4 Å². The number of aliphatic hydroxyl groups is 1. The van der Waals surface area contributed by atoms with E-state index in [4.69, 9.17) is 11.6 Å². The summed E-state index contributed by atoms with van der Waals surface area (Å²) >= 11 is 6.06. The number of aliphatic hydroxyl groups excluding tert-OH is 1. The zero-order valence-corrected chi connectivity index (χ0v) is 18.2. The second-order valence-electron chi connectivity index (χ2n) is 7.90. The van der Waals surface area contributed by atoms with Crippen LogP contribution in [0, 0.1) is 0 Å². The van der Waals surface area contributed by atoms with Crippen molar-refractivity contribution in [2.24, 2.45) is 0 Å². The van der Waals surface area contributed by atoms with E-state index in [1.54, 1.807) is 17.0 Å². The Bertz CT molecular complexity index is 1110. The highest BCUT2D eigenvalue weighted by molar-refractivity contribution is 6.31. The van der Waals surface area contributed by atoms with E-state index in [0.717, 1.165) is 28.5 Å². The normalized spacial score (nSPS) is 17.5. The van der Waals surface area contributed by atoms with Gasteiger partial charge in [0.05, 0.1) is 18.7 Å². The minimum absolute atomic E-state index is 0.0160. The van der Waals surface area contributed by atoms with E-state index < -0.39 is 0 Å².